The number of rotatable bonds is 4. The number of ketones is 1. The Balaban J connectivity index is 2.19. The first kappa shape index (κ1) is 15.7. The van der Waals surface area contributed by atoms with Crippen molar-refractivity contribution in [1.82, 2.24) is 4.98 Å². The number of carbonyl (C=O) groups excluding carboxylic acids is 2. The molecular formula is C14H9ClFN3O3. The summed E-state index contributed by atoms with van der Waals surface area (Å²) in [5.41, 5.74) is 0.0835. The van der Waals surface area contributed by atoms with Gasteiger partial charge in [0.15, 0.2) is 12.3 Å². The Morgan fingerprint density at radius 2 is 2.23 bits per heavy atom. The molecule has 0 bridgehead atoms. The SMILES string of the molecule is Cc1ocnc1C(=O)C(C#N)C(=O)Nc1ccc(F)c(Cl)c1. The van der Waals surface area contributed by atoms with E-state index in [9.17, 15) is 14.0 Å². The molecule has 0 radical (unpaired) electrons. The molecule has 0 saturated carbocycles. The molecule has 0 spiro atoms. The van der Waals surface area contributed by atoms with E-state index >= 15 is 0 Å². The Hall–Kier alpha value is -2.72. The van der Waals surface area contributed by atoms with Gasteiger partial charge in [-0.3, -0.25) is 9.59 Å². The second kappa shape index (κ2) is 6.37. The van der Waals surface area contributed by atoms with Crippen LogP contribution in [0.25, 0.3) is 0 Å². The van der Waals surface area contributed by atoms with Crippen LogP contribution in [0.3, 0.4) is 0 Å². The number of hydrogen-bond acceptors (Lipinski definition) is 5. The van der Waals surface area contributed by atoms with E-state index in [0.29, 0.717) is 0 Å². The molecule has 1 aromatic heterocycles. The number of anilines is 1. The predicted octanol–water partition coefficient (Wildman–Crippen LogP) is 2.74. The summed E-state index contributed by atoms with van der Waals surface area (Å²) in [7, 11) is 0. The van der Waals surface area contributed by atoms with Gasteiger partial charge < -0.3 is 9.73 Å². The summed E-state index contributed by atoms with van der Waals surface area (Å²) in [4.78, 5) is 27.8. The summed E-state index contributed by atoms with van der Waals surface area (Å²) in [6, 6.07) is 5.11. The van der Waals surface area contributed by atoms with Crippen LogP contribution in [0.1, 0.15) is 16.2 Å². The number of benzene rings is 1. The van der Waals surface area contributed by atoms with E-state index in [-0.39, 0.29) is 22.2 Å². The average Bonchev–Trinajstić information content (AvgIpc) is 2.89. The molecule has 112 valence electrons. The van der Waals surface area contributed by atoms with Crippen molar-refractivity contribution in [3.63, 3.8) is 0 Å². The van der Waals surface area contributed by atoms with Gasteiger partial charge in [0.25, 0.3) is 0 Å². The molecule has 1 atom stereocenters. The first-order valence-electron chi connectivity index (χ1n) is 6.04. The Labute approximate surface area is 129 Å². The van der Waals surface area contributed by atoms with Crippen LogP contribution in [-0.2, 0) is 4.79 Å². The molecule has 22 heavy (non-hydrogen) atoms. The topological polar surface area (TPSA) is 96.0 Å². The summed E-state index contributed by atoms with van der Waals surface area (Å²) in [5.74, 6) is -3.68. The molecular weight excluding hydrogens is 313 g/mol. The normalized spacial score (nSPS) is 11.5. The standard InChI is InChI=1S/C14H9ClFN3O3/c1-7-12(18-6-22-7)13(20)9(5-17)14(21)19-8-2-3-11(16)10(15)4-8/h2-4,6,9H,1H3,(H,19,21). The minimum Gasteiger partial charge on any atom is -0.448 e. The zero-order chi connectivity index (χ0) is 16.3. The Bertz CT molecular complexity index is 782. The van der Waals surface area contributed by atoms with Crippen LogP contribution in [-0.4, -0.2) is 16.7 Å². The number of nitriles is 1. The smallest absolute Gasteiger partial charge is 0.249 e. The quantitative estimate of drug-likeness (QED) is 0.690. The highest BCUT2D eigenvalue weighted by Crippen LogP contribution is 2.20. The minimum atomic E-state index is -1.60. The monoisotopic (exact) mass is 321 g/mol. The van der Waals surface area contributed by atoms with Crippen molar-refractivity contribution < 1.29 is 18.4 Å². The molecule has 1 aromatic carbocycles. The van der Waals surface area contributed by atoms with E-state index in [4.69, 9.17) is 21.3 Å². The number of nitrogens with zero attached hydrogens (tertiary/aromatic N) is 2. The van der Waals surface area contributed by atoms with Crippen molar-refractivity contribution >= 4 is 29.0 Å². The molecule has 6 nitrogen and oxygen atoms in total. The first-order chi connectivity index (χ1) is 10.4. The minimum absolute atomic E-state index is 0.0844. The molecule has 1 heterocycles. The van der Waals surface area contributed by atoms with E-state index in [0.717, 1.165) is 12.5 Å². The molecule has 2 rings (SSSR count). The molecule has 0 saturated heterocycles. The fraction of sp³-hybridized carbons (Fsp3) is 0.143. The van der Waals surface area contributed by atoms with E-state index in [1.807, 2.05) is 0 Å². The van der Waals surface area contributed by atoms with Crippen molar-refractivity contribution in [3.05, 3.63) is 46.9 Å². The summed E-state index contributed by atoms with van der Waals surface area (Å²) < 4.78 is 17.9. The number of amides is 1. The van der Waals surface area contributed by atoms with Crippen LogP contribution < -0.4 is 5.32 Å². The molecule has 0 aliphatic heterocycles. The first-order valence-corrected chi connectivity index (χ1v) is 6.41. The number of nitrogens with one attached hydrogen (secondary N) is 1. The van der Waals surface area contributed by atoms with Crippen LogP contribution in [0, 0.1) is 30.0 Å². The highest BCUT2D eigenvalue weighted by Gasteiger charge is 2.30. The number of hydrogen-bond donors (Lipinski definition) is 1. The summed E-state index contributed by atoms with van der Waals surface area (Å²) in [6.45, 7) is 1.49. The predicted molar refractivity (Wildman–Crippen MR) is 74.7 cm³/mol. The van der Waals surface area contributed by atoms with Gasteiger partial charge in [-0.05, 0) is 25.1 Å². The van der Waals surface area contributed by atoms with Gasteiger partial charge in [-0.25, -0.2) is 9.37 Å². The van der Waals surface area contributed by atoms with E-state index < -0.39 is 23.4 Å². The molecule has 0 fully saturated rings. The average molecular weight is 322 g/mol. The van der Waals surface area contributed by atoms with Crippen LogP contribution >= 0.6 is 11.6 Å². The number of oxazole rings is 1. The molecule has 0 aliphatic carbocycles. The van der Waals surface area contributed by atoms with Gasteiger partial charge in [-0.1, -0.05) is 11.6 Å². The zero-order valence-corrected chi connectivity index (χ0v) is 12.0. The summed E-state index contributed by atoms with van der Waals surface area (Å²) >= 11 is 5.59. The lowest BCUT2D eigenvalue weighted by molar-refractivity contribution is -0.117. The Kier molecular flexibility index (Phi) is 4.53. The Morgan fingerprint density at radius 3 is 2.77 bits per heavy atom. The molecule has 1 unspecified atom stereocenters. The van der Waals surface area contributed by atoms with Crippen LogP contribution in [0.5, 0.6) is 0 Å². The Morgan fingerprint density at radius 1 is 1.50 bits per heavy atom. The van der Waals surface area contributed by atoms with E-state index in [1.54, 1.807) is 6.07 Å². The fourth-order valence-electron chi connectivity index (χ4n) is 1.70. The van der Waals surface area contributed by atoms with Crippen LogP contribution in [0.4, 0.5) is 10.1 Å². The van der Waals surface area contributed by atoms with Gasteiger partial charge in [0.1, 0.15) is 17.3 Å². The van der Waals surface area contributed by atoms with Crippen LogP contribution in [0.2, 0.25) is 5.02 Å². The van der Waals surface area contributed by atoms with Crippen LogP contribution in [0.15, 0.2) is 29.0 Å². The third-order valence-electron chi connectivity index (χ3n) is 2.82. The van der Waals surface area contributed by atoms with Crippen molar-refractivity contribution in [2.24, 2.45) is 5.92 Å². The second-order valence-corrected chi connectivity index (χ2v) is 4.71. The number of carbonyl (C=O) groups is 2. The molecule has 1 amide bonds. The van der Waals surface area contributed by atoms with E-state index in [2.05, 4.69) is 10.3 Å². The maximum atomic E-state index is 13.0. The third-order valence-corrected chi connectivity index (χ3v) is 3.11. The number of aryl methyl sites for hydroxylation is 1. The van der Waals surface area contributed by atoms with Crippen molar-refractivity contribution in [3.8, 4) is 6.07 Å². The summed E-state index contributed by atoms with van der Waals surface area (Å²) in [5, 5.41) is 11.2. The molecule has 0 aliphatic rings. The van der Waals surface area contributed by atoms with Gasteiger partial charge in [0.2, 0.25) is 11.7 Å². The largest absolute Gasteiger partial charge is 0.448 e. The molecule has 1 N–H and O–H groups in total. The van der Waals surface area contributed by atoms with Gasteiger partial charge in [-0.2, -0.15) is 5.26 Å². The lowest BCUT2D eigenvalue weighted by atomic mass is 10.0. The van der Waals surface area contributed by atoms with Crippen molar-refractivity contribution in [2.75, 3.05) is 5.32 Å². The highest BCUT2D eigenvalue weighted by atomic mass is 35.5. The maximum absolute atomic E-state index is 13.0. The maximum Gasteiger partial charge on any atom is 0.249 e. The molecule has 2 aromatic rings. The van der Waals surface area contributed by atoms with E-state index in [1.165, 1.54) is 19.1 Å². The third kappa shape index (κ3) is 3.13. The van der Waals surface area contributed by atoms with Gasteiger partial charge in [-0.15, -0.1) is 0 Å². The fourth-order valence-corrected chi connectivity index (χ4v) is 1.88. The number of aromatic nitrogens is 1. The second-order valence-electron chi connectivity index (χ2n) is 4.30. The highest BCUT2D eigenvalue weighted by molar-refractivity contribution is 6.31. The van der Waals surface area contributed by atoms with Crippen molar-refractivity contribution in [1.29, 1.82) is 5.26 Å². The lowest BCUT2D eigenvalue weighted by Gasteiger charge is -2.09. The van der Waals surface area contributed by atoms with Gasteiger partial charge in [0.05, 0.1) is 11.1 Å². The zero-order valence-electron chi connectivity index (χ0n) is 11.3. The lowest BCUT2D eigenvalue weighted by Crippen LogP contribution is -2.29. The van der Waals surface area contributed by atoms with Crippen molar-refractivity contribution in [2.45, 2.75) is 6.92 Å². The summed E-state index contributed by atoms with van der Waals surface area (Å²) in [6.07, 6.45) is 1.05. The number of halogens is 2. The molecule has 8 heteroatoms. The van der Waals surface area contributed by atoms with Gasteiger partial charge >= 0.3 is 0 Å². The number of Topliss-reactive ketones (excluding diaryl/α,β-unsaturated/α-hetero) is 1. The van der Waals surface area contributed by atoms with Gasteiger partial charge in [0, 0.05) is 5.69 Å².